The fraction of sp³-hybridized carbons (Fsp3) is 0.353. The van der Waals surface area contributed by atoms with Crippen molar-refractivity contribution < 1.29 is 28.0 Å². The number of carbonyl (C=O) groups excluding carboxylic acids is 2. The third-order valence-corrected chi connectivity index (χ3v) is 4.77. The van der Waals surface area contributed by atoms with Crippen molar-refractivity contribution in [2.75, 3.05) is 0 Å². The van der Waals surface area contributed by atoms with Crippen molar-refractivity contribution in [3.63, 3.8) is 0 Å². The molecule has 0 saturated heterocycles. The van der Waals surface area contributed by atoms with Crippen LogP contribution < -0.4 is 10.8 Å². The van der Waals surface area contributed by atoms with Gasteiger partial charge in [-0.15, -0.1) is 11.3 Å². The number of nitrogens with one attached hydrogen (secondary N) is 2. The molecule has 0 aliphatic carbocycles. The summed E-state index contributed by atoms with van der Waals surface area (Å²) in [6, 6.07) is 5.45. The summed E-state index contributed by atoms with van der Waals surface area (Å²) in [5.74, 6) is -1.68. The molecular weight excluding hydrogens is 383 g/mol. The summed E-state index contributed by atoms with van der Waals surface area (Å²) in [6.07, 6.45) is -4.72. The monoisotopic (exact) mass is 401 g/mol. The molecule has 1 heterocycles. The van der Waals surface area contributed by atoms with Gasteiger partial charge < -0.3 is 5.32 Å². The highest BCUT2D eigenvalue weighted by Gasteiger charge is 2.39. The summed E-state index contributed by atoms with van der Waals surface area (Å²) in [4.78, 5) is 26.8. The van der Waals surface area contributed by atoms with Gasteiger partial charge in [0.15, 0.2) is 5.69 Å². The van der Waals surface area contributed by atoms with Crippen LogP contribution in [0.3, 0.4) is 0 Å². The fourth-order valence-corrected chi connectivity index (χ4v) is 3.36. The third-order valence-electron chi connectivity index (χ3n) is 3.80. The van der Waals surface area contributed by atoms with Gasteiger partial charge in [0.05, 0.1) is 11.0 Å². The number of amides is 2. The minimum Gasteiger partial charge on any atom is -0.344 e. The molecule has 146 valence electrons. The second-order valence-electron chi connectivity index (χ2n) is 6.17. The Labute approximate surface area is 157 Å². The molecular formula is C17H18F3N3O3S. The topological polar surface area (TPSA) is 91.3 Å². The molecule has 2 rings (SSSR count). The van der Waals surface area contributed by atoms with Crippen LogP contribution in [0.15, 0.2) is 24.3 Å². The van der Waals surface area contributed by atoms with E-state index in [1.807, 2.05) is 13.8 Å². The number of thiazole rings is 1. The maximum atomic E-state index is 13.1. The minimum atomic E-state index is -4.72. The molecule has 1 aromatic heterocycles. The zero-order valence-electron chi connectivity index (χ0n) is 14.7. The fourth-order valence-electron chi connectivity index (χ4n) is 2.52. The summed E-state index contributed by atoms with van der Waals surface area (Å²) in [6.45, 7) is 5.02. The van der Waals surface area contributed by atoms with Gasteiger partial charge in [-0.25, -0.2) is 10.5 Å². The number of aryl methyl sites for hydroxylation is 1. The number of hydroxylamine groups is 1. The SMILES string of the molecule is Cc1nc(C(F)(F)F)c(C(=O)NC(c2ccc(C(=O)NO)cc2)C(C)C)s1. The van der Waals surface area contributed by atoms with E-state index in [2.05, 4.69) is 10.3 Å². The minimum absolute atomic E-state index is 0.130. The van der Waals surface area contributed by atoms with Crippen LogP contribution in [-0.2, 0) is 6.18 Å². The third kappa shape index (κ3) is 4.83. The molecule has 2 aromatic rings. The van der Waals surface area contributed by atoms with Crippen molar-refractivity contribution in [1.82, 2.24) is 15.8 Å². The van der Waals surface area contributed by atoms with Gasteiger partial charge in [-0.3, -0.25) is 14.8 Å². The standard InChI is InChI=1S/C17H18F3N3O3S/c1-8(2)12(10-4-6-11(7-5-10)15(24)23-26)22-16(25)13-14(17(18,19)20)21-9(3)27-13/h4-8,12,26H,1-3H3,(H,22,25)(H,23,24). The molecule has 0 saturated carbocycles. The first kappa shape index (κ1) is 20.8. The molecule has 1 aromatic carbocycles. The van der Waals surface area contributed by atoms with Gasteiger partial charge in [-0.2, -0.15) is 13.2 Å². The maximum absolute atomic E-state index is 13.1. The molecule has 6 nitrogen and oxygen atoms in total. The van der Waals surface area contributed by atoms with E-state index in [4.69, 9.17) is 5.21 Å². The number of rotatable bonds is 5. The number of alkyl halides is 3. The smallest absolute Gasteiger partial charge is 0.344 e. The van der Waals surface area contributed by atoms with Gasteiger partial charge >= 0.3 is 6.18 Å². The Morgan fingerprint density at radius 2 is 1.74 bits per heavy atom. The van der Waals surface area contributed by atoms with E-state index in [0.717, 1.165) is 0 Å². The first-order valence-electron chi connectivity index (χ1n) is 7.94. The van der Waals surface area contributed by atoms with Gasteiger partial charge in [0.2, 0.25) is 0 Å². The molecule has 1 unspecified atom stereocenters. The van der Waals surface area contributed by atoms with Crippen LogP contribution >= 0.6 is 11.3 Å². The Morgan fingerprint density at radius 3 is 2.22 bits per heavy atom. The summed E-state index contributed by atoms with van der Waals surface area (Å²) in [5.41, 5.74) is 1.13. The summed E-state index contributed by atoms with van der Waals surface area (Å²) in [7, 11) is 0. The average molecular weight is 401 g/mol. The number of hydrogen-bond acceptors (Lipinski definition) is 5. The lowest BCUT2D eigenvalue weighted by Crippen LogP contribution is -2.32. The lowest BCUT2D eigenvalue weighted by molar-refractivity contribution is -0.141. The second kappa shape index (κ2) is 8.05. The molecule has 10 heteroatoms. The first-order valence-corrected chi connectivity index (χ1v) is 8.76. The predicted octanol–water partition coefficient (Wildman–Crippen LogP) is 3.72. The van der Waals surface area contributed by atoms with E-state index in [0.29, 0.717) is 16.9 Å². The Morgan fingerprint density at radius 1 is 1.15 bits per heavy atom. The van der Waals surface area contributed by atoms with E-state index in [9.17, 15) is 22.8 Å². The van der Waals surface area contributed by atoms with E-state index in [-0.39, 0.29) is 16.5 Å². The molecule has 0 radical (unpaired) electrons. The highest BCUT2D eigenvalue weighted by atomic mass is 32.1. The van der Waals surface area contributed by atoms with E-state index in [1.165, 1.54) is 24.5 Å². The van der Waals surface area contributed by atoms with Crippen LogP contribution in [0.5, 0.6) is 0 Å². The second-order valence-corrected chi connectivity index (χ2v) is 7.37. The number of halogens is 3. The van der Waals surface area contributed by atoms with Gasteiger partial charge in [-0.1, -0.05) is 26.0 Å². The quantitative estimate of drug-likeness (QED) is 0.526. The van der Waals surface area contributed by atoms with Gasteiger partial charge in [-0.05, 0) is 30.5 Å². The first-order chi connectivity index (χ1) is 12.5. The van der Waals surface area contributed by atoms with Gasteiger partial charge in [0.1, 0.15) is 4.88 Å². The molecule has 0 aliphatic heterocycles. The van der Waals surface area contributed by atoms with E-state index in [1.54, 1.807) is 12.1 Å². The average Bonchev–Trinajstić information content (AvgIpc) is 3.01. The van der Waals surface area contributed by atoms with Crippen molar-refractivity contribution >= 4 is 23.2 Å². The van der Waals surface area contributed by atoms with Crippen molar-refractivity contribution in [3.05, 3.63) is 51.0 Å². The highest BCUT2D eigenvalue weighted by molar-refractivity contribution is 7.13. The summed E-state index contributed by atoms with van der Waals surface area (Å²) >= 11 is 0.684. The van der Waals surface area contributed by atoms with Gasteiger partial charge in [0.25, 0.3) is 11.8 Å². The summed E-state index contributed by atoms with van der Waals surface area (Å²) in [5, 5.41) is 11.4. The Hall–Kier alpha value is -2.46. The molecule has 0 fully saturated rings. The van der Waals surface area contributed by atoms with Crippen LogP contribution in [0.2, 0.25) is 0 Å². The Balaban J connectivity index is 2.29. The molecule has 0 aliphatic rings. The van der Waals surface area contributed by atoms with Crippen LogP contribution in [0.25, 0.3) is 0 Å². The zero-order chi connectivity index (χ0) is 20.4. The Bertz CT molecular complexity index is 832. The molecule has 2 amide bonds. The highest BCUT2D eigenvalue weighted by Crippen LogP contribution is 2.34. The maximum Gasteiger partial charge on any atom is 0.435 e. The van der Waals surface area contributed by atoms with Crippen molar-refractivity contribution in [1.29, 1.82) is 0 Å². The number of hydrogen-bond donors (Lipinski definition) is 3. The zero-order valence-corrected chi connectivity index (χ0v) is 15.5. The normalized spacial score (nSPS) is 12.7. The van der Waals surface area contributed by atoms with Gasteiger partial charge in [0, 0.05) is 5.56 Å². The lowest BCUT2D eigenvalue weighted by Gasteiger charge is -2.23. The largest absolute Gasteiger partial charge is 0.435 e. The number of carbonyl (C=O) groups is 2. The predicted molar refractivity (Wildman–Crippen MR) is 92.6 cm³/mol. The summed E-state index contributed by atoms with van der Waals surface area (Å²) < 4.78 is 39.3. The lowest BCUT2D eigenvalue weighted by atomic mass is 9.95. The molecule has 0 bridgehead atoms. The van der Waals surface area contributed by atoms with Crippen LogP contribution in [-0.4, -0.2) is 22.0 Å². The van der Waals surface area contributed by atoms with Crippen molar-refractivity contribution in [2.24, 2.45) is 5.92 Å². The van der Waals surface area contributed by atoms with Crippen LogP contribution in [0.1, 0.15) is 56.2 Å². The number of benzene rings is 1. The molecule has 27 heavy (non-hydrogen) atoms. The van der Waals surface area contributed by atoms with E-state index >= 15 is 0 Å². The van der Waals surface area contributed by atoms with Crippen LogP contribution in [0, 0.1) is 12.8 Å². The number of nitrogens with zero attached hydrogens (tertiary/aromatic N) is 1. The molecule has 3 N–H and O–H groups in total. The molecule has 0 spiro atoms. The van der Waals surface area contributed by atoms with Crippen LogP contribution in [0.4, 0.5) is 13.2 Å². The molecule has 1 atom stereocenters. The Kier molecular flexibility index (Phi) is 6.22. The van der Waals surface area contributed by atoms with E-state index < -0.39 is 34.6 Å². The van der Waals surface area contributed by atoms with Crippen molar-refractivity contribution in [2.45, 2.75) is 33.0 Å². The number of aromatic nitrogens is 1. The van der Waals surface area contributed by atoms with Crippen molar-refractivity contribution in [3.8, 4) is 0 Å².